The second-order valence-corrected chi connectivity index (χ2v) is 5.43. The second kappa shape index (κ2) is 5.86. The number of benzene rings is 1. The third-order valence-corrected chi connectivity index (χ3v) is 3.93. The van der Waals surface area contributed by atoms with Crippen LogP contribution in [0.4, 0.5) is 5.69 Å². The van der Waals surface area contributed by atoms with Gasteiger partial charge in [-0.2, -0.15) is 0 Å². The number of hydrogen-bond acceptors (Lipinski definition) is 4. The van der Waals surface area contributed by atoms with Crippen LogP contribution in [0.1, 0.15) is 25.3 Å². The fourth-order valence-corrected chi connectivity index (χ4v) is 2.43. The number of ether oxygens (including phenoxy) is 1. The zero-order chi connectivity index (χ0) is 13.9. The summed E-state index contributed by atoms with van der Waals surface area (Å²) in [7, 11) is 0. The SMILES string of the molecule is CC1(NCc2c(Cl)cccc2[N+](=O)[O-])CCOCC1. The molecule has 1 heterocycles. The second-order valence-electron chi connectivity index (χ2n) is 5.02. The molecule has 0 amide bonds. The lowest BCUT2D eigenvalue weighted by atomic mass is 9.92. The van der Waals surface area contributed by atoms with Gasteiger partial charge in [0.1, 0.15) is 0 Å². The van der Waals surface area contributed by atoms with Gasteiger partial charge >= 0.3 is 0 Å². The van der Waals surface area contributed by atoms with Crippen LogP contribution in [0.5, 0.6) is 0 Å². The lowest BCUT2D eigenvalue weighted by Gasteiger charge is -2.34. The Morgan fingerprint density at radius 3 is 2.79 bits per heavy atom. The summed E-state index contributed by atoms with van der Waals surface area (Å²) in [6.07, 6.45) is 1.79. The van der Waals surface area contributed by atoms with Gasteiger partial charge in [0.15, 0.2) is 0 Å². The van der Waals surface area contributed by atoms with Gasteiger partial charge in [0, 0.05) is 31.4 Å². The summed E-state index contributed by atoms with van der Waals surface area (Å²) in [5.41, 5.74) is 0.559. The van der Waals surface area contributed by atoms with E-state index in [1.807, 2.05) is 0 Å². The van der Waals surface area contributed by atoms with Crippen LogP contribution in [-0.2, 0) is 11.3 Å². The Morgan fingerprint density at radius 1 is 1.47 bits per heavy atom. The van der Waals surface area contributed by atoms with Crippen LogP contribution in [0.25, 0.3) is 0 Å². The van der Waals surface area contributed by atoms with Gasteiger partial charge in [-0.15, -0.1) is 0 Å². The highest BCUT2D eigenvalue weighted by Crippen LogP contribution is 2.28. The van der Waals surface area contributed by atoms with Crippen molar-refractivity contribution in [2.75, 3.05) is 13.2 Å². The van der Waals surface area contributed by atoms with E-state index in [-0.39, 0.29) is 11.2 Å². The fraction of sp³-hybridized carbons (Fsp3) is 0.538. The lowest BCUT2D eigenvalue weighted by molar-refractivity contribution is -0.385. The zero-order valence-electron chi connectivity index (χ0n) is 10.8. The topological polar surface area (TPSA) is 64.4 Å². The van der Waals surface area contributed by atoms with E-state index in [0.717, 1.165) is 12.8 Å². The molecule has 1 aliphatic heterocycles. The average Bonchev–Trinajstić information content (AvgIpc) is 2.38. The summed E-state index contributed by atoms with van der Waals surface area (Å²) in [6, 6.07) is 4.76. The van der Waals surface area contributed by atoms with Crippen LogP contribution in [0.15, 0.2) is 18.2 Å². The van der Waals surface area contributed by atoms with Crippen LogP contribution >= 0.6 is 11.6 Å². The summed E-state index contributed by atoms with van der Waals surface area (Å²) >= 11 is 6.07. The molecule has 1 aromatic carbocycles. The van der Waals surface area contributed by atoms with Gasteiger partial charge < -0.3 is 10.1 Å². The van der Waals surface area contributed by atoms with E-state index in [2.05, 4.69) is 12.2 Å². The molecule has 2 rings (SSSR count). The van der Waals surface area contributed by atoms with Gasteiger partial charge in [-0.05, 0) is 25.8 Å². The molecule has 19 heavy (non-hydrogen) atoms. The number of rotatable bonds is 4. The van der Waals surface area contributed by atoms with Crippen molar-refractivity contribution >= 4 is 17.3 Å². The molecule has 104 valence electrons. The molecule has 1 aliphatic rings. The first-order valence-electron chi connectivity index (χ1n) is 6.26. The van der Waals surface area contributed by atoms with Crippen molar-refractivity contribution < 1.29 is 9.66 Å². The van der Waals surface area contributed by atoms with Crippen LogP contribution in [0.3, 0.4) is 0 Å². The first kappa shape index (κ1) is 14.2. The molecule has 1 aromatic rings. The summed E-state index contributed by atoms with van der Waals surface area (Å²) in [5.74, 6) is 0. The minimum atomic E-state index is -0.394. The van der Waals surface area contributed by atoms with E-state index in [9.17, 15) is 10.1 Å². The largest absolute Gasteiger partial charge is 0.381 e. The molecule has 6 heteroatoms. The maximum atomic E-state index is 11.0. The summed E-state index contributed by atoms with van der Waals surface area (Å²) in [6.45, 7) is 3.94. The third kappa shape index (κ3) is 3.43. The first-order valence-corrected chi connectivity index (χ1v) is 6.64. The molecule has 0 radical (unpaired) electrons. The monoisotopic (exact) mass is 284 g/mol. The standard InChI is InChI=1S/C13H17ClN2O3/c1-13(5-7-19-8-6-13)15-9-10-11(14)3-2-4-12(10)16(17)18/h2-4,15H,5-9H2,1H3. The zero-order valence-corrected chi connectivity index (χ0v) is 11.6. The Hall–Kier alpha value is -1.17. The Labute approximate surface area is 117 Å². The van der Waals surface area contributed by atoms with Gasteiger partial charge in [0.05, 0.1) is 15.5 Å². The molecule has 0 aromatic heterocycles. The van der Waals surface area contributed by atoms with Gasteiger partial charge in [-0.1, -0.05) is 17.7 Å². The van der Waals surface area contributed by atoms with Gasteiger partial charge in [0.2, 0.25) is 0 Å². The molecule has 0 saturated carbocycles. The molecular formula is C13H17ClN2O3. The molecule has 5 nitrogen and oxygen atoms in total. The van der Waals surface area contributed by atoms with Crippen LogP contribution in [-0.4, -0.2) is 23.7 Å². The van der Waals surface area contributed by atoms with Crippen LogP contribution < -0.4 is 5.32 Å². The van der Waals surface area contributed by atoms with Crippen molar-refractivity contribution in [3.8, 4) is 0 Å². The molecule has 1 N–H and O–H groups in total. The number of nitro benzene ring substituents is 1. The maximum absolute atomic E-state index is 11.0. The molecule has 0 atom stereocenters. The normalized spacial score (nSPS) is 18.2. The number of nitrogens with one attached hydrogen (secondary N) is 1. The van der Waals surface area contributed by atoms with E-state index < -0.39 is 4.92 Å². The first-order chi connectivity index (χ1) is 9.02. The Morgan fingerprint density at radius 2 is 2.16 bits per heavy atom. The molecule has 0 bridgehead atoms. The molecule has 0 spiro atoms. The molecule has 1 fully saturated rings. The van der Waals surface area contributed by atoms with Gasteiger partial charge in [-0.3, -0.25) is 10.1 Å². The van der Waals surface area contributed by atoms with E-state index in [1.54, 1.807) is 12.1 Å². The minimum absolute atomic E-state index is 0.0503. The third-order valence-electron chi connectivity index (χ3n) is 3.58. The lowest BCUT2D eigenvalue weighted by Crippen LogP contribution is -2.46. The van der Waals surface area contributed by atoms with E-state index in [1.165, 1.54) is 6.07 Å². The van der Waals surface area contributed by atoms with Crippen molar-refractivity contribution in [1.82, 2.24) is 5.32 Å². The fourth-order valence-electron chi connectivity index (χ4n) is 2.19. The number of hydrogen-bond donors (Lipinski definition) is 1. The average molecular weight is 285 g/mol. The summed E-state index contributed by atoms with van der Waals surface area (Å²) < 4.78 is 5.33. The van der Waals surface area contributed by atoms with Gasteiger partial charge in [0.25, 0.3) is 5.69 Å². The Balaban J connectivity index is 2.12. The van der Waals surface area contributed by atoms with Crippen molar-refractivity contribution in [1.29, 1.82) is 0 Å². The number of nitrogens with zero attached hydrogens (tertiary/aromatic N) is 1. The van der Waals surface area contributed by atoms with Crippen molar-refractivity contribution in [3.63, 3.8) is 0 Å². The van der Waals surface area contributed by atoms with Crippen LogP contribution in [0, 0.1) is 10.1 Å². The quantitative estimate of drug-likeness (QED) is 0.682. The van der Waals surface area contributed by atoms with Crippen LogP contribution in [0.2, 0.25) is 5.02 Å². The molecule has 0 aliphatic carbocycles. The molecule has 1 saturated heterocycles. The highest BCUT2D eigenvalue weighted by Gasteiger charge is 2.28. The smallest absolute Gasteiger partial charge is 0.275 e. The molecular weight excluding hydrogens is 268 g/mol. The summed E-state index contributed by atoms with van der Waals surface area (Å²) in [5, 5.41) is 14.8. The highest BCUT2D eigenvalue weighted by molar-refractivity contribution is 6.31. The van der Waals surface area contributed by atoms with Crippen molar-refractivity contribution in [2.24, 2.45) is 0 Å². The Bertz CT molecular complexity index is 473. The highest BCUT2D eigenvalue weighted by atomic mass is 35.5. The minimum Gasteiger partial charge on any atom is -0.381 e. The van der Waals surface area contributed by atoms with Crippen molar-refractivity contribution in [3.05, 3.63) is 38.9 Å². The van der Waals surface area contributed by atoms with Crippen molar-refractivity contribution in [2.45, 2.75) is 31.8 Å². The molecule has 0 unspecified atom stereocenters. The predicted octanol–water partition coefficient (Wildman–Crippen LogP) is 2.91. The number of halogens is 1. The Kier molecular flexibility index (Phi) is 4.39. The predicted molar refractivity (Wildman–Crippen MR) is 73.4 cm³/mol. The van der Waals surface area contributed by atoms with Gasteiger partial charge in [-0.25, -0.2) is 0 Å². The number of nitro groups is 1. The maximum Gasteiger partial charge on any atom is 0.275 e. The van der Waals surface area contributed by atoms with E-state index >= 15 is 0 Å². The van der Waals surface area contributed by atoms with E-state index in [0.29, 0.717) is 30.3 Å². The summed E-state index contributed by atoms with van der Waals surface area (Å²) in [4.78, 5) is 10.6. The van der Waals surface area contributed by atoms with E-state index in [4.69, 9.17) is 16.3 Å².